The number of aromatic amines is 1. The van der Waals surface area contributed by atoms with E-state index in [1.54, 1.807) is 6.07 Å². The molecule has 1 aliphatic carbocycles. The molecule has 0 amide bonds. The van der Waals surface area contributed by atoms with Crippen molar-refractivity contribution in [2.75, 3.05) is 7.11 Å². The highest BCUT2D eigenvalue weighted by Gasteiger charge is 2.47. The van der Waals surface area contributed by atoms with Gasteiger partial charge in [0.1, 0.15) is 0 Å². The van der Waals surface area contributed by atoms with E-state index in [4.69, 9.17) is 4.74 Å². The van der Waals surface area contributed by atoms with E-state index in [1.807, 2.05) is 0 Å². The molecule has 3 rings (SSSR count). The molecule has 0 unspecified atom stereocenters. The number of nitriles is 1. The van der Waals surface area contributed by atoms with Crippen molar-refractivity contribution in [1.29, 1.82) is 5.26 Å². The predicted octanol–water partition coefficient (Wildman–Crippen LogP) is 0.882. The molecule has 0 bridgehead atoms. The van der Waals surface area contributed by atoms with E-state index in [9.17, 15) is 10.1 Å². The van der Waals surface area contributed by atoms with Crippen LogP contribution in [0.3, 0.4) is 0 Å². The number of methoxy groups -OCH3 is 1. The maximum atomic E-state index is 11.7. The van der Waals surface area contributed by atoms with E-state index in [0.717, 1.165) is 12.8 Å². The van der Waals surface area contributed by atoms with Crippen molar-refractivity contribution in [2.24, 2.45) is 0 Å². The van der Waals surface area contributed by atoms with E-state index >= 15 is 0 Å². The third kappa shape index (κ3) is 1.37. The summed E-state index contributed by atoms with van der Waals surface area (Å²) in [5.41, 5.74) is 0.200. The number of pyridine rings is 1. The monoisotopic (exact) mass is 242 g/mol. The Morgan fingerprint density at radius 3 is 2.94 bits per heavy atom. The van der Waals surface area contributed by atoms with E-state index in [-0.39, 0.29) is 5.56 Å². The van der Waals surface area contributed by atoms with Gasteiger partial charge < -0.3 is 9.72 Å². The normalized spacial score (nSPS) is 16.2. The van der Waals surface area contributed by atoms with Crippen molar-refractivity contribution >= 4 is 11.0 Å². The second kappa shape index (κ2) is 3.53. The highest BCUT2D eigenvalue weighted by atomic mass is 16.5. The predicted molar refractivity (Wildman–Crippen MR) is 63.2 cm³/mol. The Bertz CT molecular complexity index is 725. The van der Waals surface area contributed by atoms with Gasteiger partial charge in [0.25, 0.3) is 5.56 Å². The first-order chi connectivity index (χ1) is 8.70. The van der Waals surface area contributed by atoms with E-state index in [1.165, 1.54) is 13.4 Å². The maximum absolute atomic E-state index is 11.7. The fraction of sp³-hybridized carbons (Fsp3) is 0.333. The molecular weight excluding hydrogens is 232 g/mol. The van der Waals surface area contributed by atoms with Crippen LogP contribution in [0.5, 0.6) is 5.88 Å². The second-order valence-corrected chi connectivity index (χ2v) is 4.34. The molecule has 6 nitrogen and oxygen atoms in total. The van der Waals surface area contributed by atoms with Crippen LogP contribution in [0.25, 0.3) is 11.0 Å². The lowest BCUT2D eigenvalue weighted by Crippen LogP contribution is -2.12. The van der Waals surface area contributed by atoms with Crippen molar-refractivity contribution in [1.82, 2.24) is 15.0 Å². The summed E-state index contributed by atoms with van der Waals surface area (Å²) in [7, 11) is 1.50. The summed E-state index contributed by atoms with van der Waals surface area (Å²) in [6.45, 7) is 0. The number of hydrogen-bond acceptors (Lipinski definition) is 5. The van der Waals surface area contributed by atoms with Gasteiger partial charge >= 0.3 is 0 Å². The molecular formula is C12H10N4O2. The Hall–Kier alpha value is -2.42. The van der Waals surface area contributed by atoms with Crippen molar-refractivity contribution in [2.45, 2.75) is 18.3 Å². The van der Waals surface area contributed by atoms with E-state index < -0.39 is 5.41 Å². The number of aromatic nitrogens is 3. The zero-order chi connectivity index (χ0) is 12.8. The lowest BCUT2D eigenvalue weighted by atomic mass is 9.98. The minimum absolute atomic E-state index is 0.259. The average molecular weight is 242 g/mol. The van der Waals surface area contributed by atoms with E-state index in [0.29, 0.717) is 22.5 Å². The van der Waals surface area contributed by atoms with Crippen molar-refractivity contribution < 1.29 is 4.74 Å². The summed E-state index contributed by atoms with van der Waals surface area (Å²) in [5, 5.41) is 9.62. The molecule has 1 aliphatic rings. The van der Waals surface area contributed by atoms with Gasteiger partial charge in [0.2, 0.25) is 5.88 Å². The molecule has 90 valence electrons. The fourth-order valence-electron chi connectivity index (χ4n) is 2.05. The molecule has 0 saturated heterocycles. The van der Waals surface area contributed by atoms with Crippen LogP contribution in [0.1, 0.15) is 18.4 Å². The summed E-state index contributed by atoms with van der Waals surface area (Å²) in [6, 6.07) is 3.94. The number of rotatable bonds is 2. The molecule has 0 atom stereocenters. The smallest absolute Gasteiger partial charge is 0.260 e. The molecule has 18 heavy (non-hydrogen) atoms. The molecule has 1 fully saturated rings. The topological polar surface area (TPSA) is 91.7 Å². The lowest BCUT2D eigenvalue weighted by Gasteiger charge is -2.11. The summed E-state index contributed by atoms with van der Waals surface area (Å²) in [6.07, 6.45) is 2.84. The second-order valence-electron chi connectivity index (χ2n) is 4.34. The number of hydrogen-bond donors (Lipinski definition) is 1. The number of ether oxygens (including phenoxy) is 1. The van der Waals surface area contributed by atoms with Gasteiger partial charge in [-0.3, -0.25) is 4.79 Å². The Balaban J connectivity index is 2.35. The zero-order valence-electron chi connectivity index (χ0n) is 9.73. The highest BCUT2D eigenvalue weighted by molar-refractivity contribution is 5.76. The summed E-state index contributed by atoms with van der Waals surface area (Å²) < 4.78 is 5.21. The molecule has 2 aromatic rings. The molecule has 0 aromatic carbocycles. The highest BCUT2D eigenvalue weighted by Crippen LogP contribution is 2.50. The van der Waals surface area contributed by atoms with Crippen molar-refractivity contribution in [3.05, 3.63) is 28.3 Å². The van der Waals surface area contributed by atoms with Crippen molar-refractivity contribution in [3.8, 4) is 11.9 Å². The minimum atomic E-state index is -0.547. The van der Waals surface area contributed by atoms with Gasteiger partial charge in [-0.1, -0.05) is 0 Å². The molecule has 1 saturated carbocycles. The molecule has 0 radical (unpaired) electrons. The molecule has 2 heterocycles. The zero-order valence-corrected chi connectivity index (χ0v) is 9.73. The summed E-state index contributed by atoms with van der Waals surface area (Å²) in [5.74, 6) is 0.375. The van der Waals surface area contributed by atoms with Crippen molar-refractivity contribution in [3.63, 3.8) is 0 Å². The first-order valence-corrected chi connectivity index (χ1v) is 5.54. The quantitative estimate of drug-likeness (QED) is 0.844. The standard InChI is InChI=1S/C12H10N4O2/c1-18-11-8(12(5-13)2-3-12)4-7-9(16-11)14-6-15-10(7)17/h4,6H,2-3H2,1H3,(H,14,15,16,17). The maximum Gasteiger partial charge on any atom is 0.260 e. The third-order valence-electron chi connectivity index (χ3n) is 3.27. The van der Waals surface area contributed by atoms with Gasteiger partial charge in [0.15, 0.2) is 5.65 Å². The first-order valence-electron chi connectivity index (χ1n) is 5.54. The van der Waals surface area contributed by atoms with Crippen LogP contribution in [0.2, 0.25) is 0 Å². The van der Waals surface area contributed by atoms with Crippen LogP contribution in [0, 0.1) is 11.3 Å². The van der Waals surface area contributed by atoms with Gasteiger partial charge in [0.05, 0.1) is 30.3 Å². The lowest BCUT2D eigenvalue weighted by molar-refractivity contribution is 0.392. The number of nitrogens with one attached hydrogen (secondary N) is 1. The fourth-order valence-corrected chi connectivity index (χ4v) is 2.05. The van der Waals surface area contributed by atoms with Crippen LogP contribution in [0.4, 0.5) is 0 Å². The first kappa shape index (κ1) is 10.7. The molecule has 1 N–H and O–H groups in total. The van der Waals surface area contributed by atoms with Crippen LogP contribution < -0.4 is 10.3 Å². The minimum Gasteiger partial charge on any atom is -0.481 e. The molecule has 2 aromatic heterocycles. The van der Waals surface area contributed by atoms with Gasteiger partial charge in [-0.15, -0.1) is 0 Å². The van der Waals surface area contributed by atoms with Crippen LogP contribution >= 0.6 is 0 Å². The van der Waals surface area contributed by atoms with Gasteiger partial charge in [-0.25, -0.2) is 4.98 Å². The SMILES string of the molecule is COc1nc2nc[nH]c(=O)c2cc1C1(C#N)CC1. The number of fused-ring (bicyclic) bond motifs is 1. The Morgan fingerprint density at radius 2 is 2.33 bits per heavy atom. The summed E-state index contributed by atoms with van der Waals surface area (Å²) in [4.78, 5) is 22.4. The largest absolute Gasteiger partial charge is 0.481 e. The molecule has 0 spiro atoms. The van der Waals surface area contributed by atoms with Gasteiger partial charge in [-0.05, 0) is 18.9 Å². The Morgan fingerprint density at radius 1 is 1.56 bits per heavy atom. The van der Waals surface area contributed by atoms with E-state index in [2.05, 4.69) is 21.0 Å². The number of H-pyrrole nitrogens is 1. The molecule has 0 aliphatic heterocycles. The van der Waals surface area contributed by atoms with Gasteiger partial charge in [-0.2, -0.15) is 10.2 Å². The Kier molecular flexibility index (Phi) is 2.10. The van der Waals surface area contributed by atoms with Crippen LogP contribution in [-0.4, -0.2) is 22.1 Å². The molecule has 6 heteroatoms. The Labute approximate surface area is 102 Å². The average Bonchev–Trinajstić information content (AvgIpc) is 3.19. The van der Waals surface area contributed by atoms with Gasteiger partial charge in [0, 0.05) is 5.56 Å². The van der Waals surface area contributed by atoms with Crippen LogP contribution in [0.15, 0.2) is 17.2 Å². The van der Waals surface area contributed by atoms with Crippen LogP contribution in [-0.2, 0) is 5.41 Å². The third-order valence-corrected chi connectivity index (χ3v) is 3.27. The number of nitrogens with zero attached hydrogens (tertiary/aromatic N) is 3. The summed E-state index contributed by atoms with van der Waals surface area (Å²) >= 11 is 0.